The zero-order valence-electron chi connectivity index (χ0n) is 8.67. The highest BCUT2D eigenvalue weighted by Crippen LogP contribution is 2.33. The van der Waals surface area contributed by atoms with Crippen LogP contribution in [0.25, 0.3) is 0 Å². The van der Waals surface area contributed by atoms with Gasteiger partial charge in [-0.3, -0.25) is 0 Å². The molecule has 84 valence electrons. The Kier molecular flexibility index (Phi) is 3.39. The first-order chi connectivity index (χ1) is 7.65. The normalized spacial score (nSPS) is 24.3. The van der Waals surface area contributed by atoms with Crippen LogP contribution in [0, 0.1) is 16.7 Å². The summed E-state index contributed by atoms with van der Waals surface area (Å²) >= 11 is 11.8. The first-order valence-corrected chi connectivity index (χ1v) is 5.84. The Labute approximate surface area is 105 Å². The largest absolute Gasteiger partial charge is 0.380 e. The second kappa shape index (κ2) is 4.63. The van der Waals surface area contributed by atoms with Gasteiger partial charge in [-0.2, -0.15) is 5.26 Å². The van der Waals surface area contributed by atoms with Crippen LogP contribution in [0.3, 0.4) is 0 Å². The van der Waals surface area contributed by atoms with Crippen LogP contribution < -0.4 is 0 Å². The molecular weight excluding hydrogens is 245 g/mol. The predicted molar refractivity (Wildman–Crippen MR) is 63.6 cm³/mol. The maximum absolute atomic E-state index is 9.21. The van der Waals surface area contributed by atoms with Crippen molar-refractivity contribution in [3.05, 3.63) is 33.8 Å². The van der Waals surface area contributed by atoms with Crippen molar-refractivity contribution in [1.29, 1.82) is 5.26 Å². The molecule has 4 heteroatoms. The molecule has 0 N–H and O–H groups in total. The molecule has 2 nitrogen and oxygen atoms in total. The smallest absolute Gasteiger partial charge is 0.0868 e. The summed E-state index contributed by atoms with van der Waals surface area (Å²) in [5.74, 6) is 0. The third kappa shape index (κ3) is 2.32. The molecule has 1 heterocycles. The van der Waals surface area contributed by atoms with Gasteiger partial charge in [0, 0.05) is 6.61 Å². The Bertz CT molecular complexity index is 433. The van der Waals surface area contributed by atoms with Gasteiger partial charge in [0.25, 0.3) is 0 Å². The molecule has 1 unspecified atom stereocenters. The molecule has 1 aliphatic rings. The lowest BCUT2D eigenvalue weighted by Crippen LogP contribution is -2.21. The lowest BCUT2D eigenvalue weighted by Gasteiger charge is -2.18. The topological polar surface area (TPSA) is 33.0 Å². The number of hydrogen-bond acceptors (Lipinski definition) is 2. The number of ether oxygens (including phenoxy) is 1. The number of benzene rings is 1. The summed E-state index contributed by atoms with van der Waals surface area (Å²) in [6, 6.07) is 7.85. The zero-order valence-corrected chi connectivity index (χ0v) is 10.2. The van der Waals surface area contributed by atoms with Gasteiger partial charge in [-0.15, -0.1) is 0 Å². The van der Waals surface area contributed by atoms with Crippen LogP contribution in [0.15, 0.2) is 18.2 Å². The van der Waals surface area contributed by atoms with E-state index < -0.39 is 5.41 Å². The highest BCUT2D eigenvalue weighted by molar-refractivity contribution is 6.42. The second-order valence-electron chi connectivity index (χ2n) is 4.12. The van der Waals surface area contributed by atoms with E-state index in [4.69, 9.17) is 27.9 Å². The monoisotopic (exact) mass is 255 g/mol. The van der Waals surface area contributed by atoms with Crippen LogP contribution in [0.1, 0.15) is 12.0 Å². The standard InChI is InChI=1S/C12H11Cl2NO/c13-10-2-1-9(5-11(10)14)6-12(7-15)3-4-16-8-12/h1-2,5H,3-4,6,8H2. The first kappa shape index (κ1) is 11.7. The maximum atomic E-state index is 9.21. The quantitative estimate of drug-likeness (QED) is 0.811. The van der Waals surface area contributed by atoms with E-state index in [1.807, 2.05) is 12.1 Å². The van der Waals surface area contributed by atoms with Crippen molar-refractivity contribution in [2.75, 3.05) is 13.2 Å². The SMILES string of the molecule is N#CC1(Cc2ccc(Cl)c(Cl)c2)CCOC1. The molecule has 1 aromatic rings. The zero-order chi connectivity index (χ0) is 11.6. The van der Waals surface area contributed by atoms with Gasteiger partial charge < -0.3 is 4.74 Å². The van der Waals surface area contributed by atoms with Gasteiger partial charge >= 0.3 is 0 Å². The summed E-state index contributed by atoms with van der Waals surface area (Å²) in [4.78, 5) is 0. The fraction of sp³-hybridized carbons (Fsp3) is 0.417. The highest BCUT2D eigenvalue weighted by atomic mass is 35.5. The Balaban J connectivity index is 2.20. The van der Waals surface area contributed by atoms with Crippen molar-refractivity contribution in [1.82, 2.24) is 0 Å². The minimum Gasteiger partial charge on any atom is -0.380 e. The molecule has 1 aromatic carbocycles. The molecule has 0 amide bonds. The van der Waals surface area contributed by atoms with Gasteiger partial charge in [-0.25, -0.2) is 0 Å². The van der Waals surface area contributed by atoms with Gasteiger partial charge in [0.2, 0.25) is 0 Å². The van der Waals surface area contributed by atoms with Crippen molar-refractivity contribution in [3.8, 4) is 6.07 Å². The van der Waals surface area contributed by atoms with Crippen molar-refractivity contribution in [2.45, 2.75) is 12.8 Å². The van der Waals surface area contributed by atoms with E-state index in [0.29, 0.717) is 29.7 Å². The minimum absolute atomic E-state index is 0.392. The molecule has 0 radical (unpaired) electrons. The average Bonchev–Trinajstić information content (AvgIpc) is 2.73. The third-order valence-electron chi connectivity index (χ3n) is 2.87. The number of nitrogens with zero attached hydrogens (tertiary/aromatic N) is 1. The molecule has 16 heavy (non-hydrogen) atoms. The Morgan fingerprint density at radius 2 is 2.19 bits per heavy atom. The van der Waals surface area contributed by atoms with E-state index in [0.717, 1.165) is 12.0 Å². The molecule has 0 bridgehead atoms. The van der Waals surface area contributed by atoms with E-state index in [9.17, 15) is 5.26 Å². The summed E-state index contributed by atoms with van der Waals surface area (Å²) in [7, 11) is 0. The Hall–Kier alpha value is -0.750. The van der Waals surface area contributed by atoms with Crippen LogP contribution in [0.2, 0.25) is 10.0 Å². The van der Waals surface area contributed by atoms with Crippen LogP contribution in [-0.4, -0.2) is 13.2 Å². The van der Waals surface area contributed by atoms with Gasteiger partial charge in [-0.1, -0.05) is 29.3 Å². The first-order valence-electron chi connectivity index (χ1n) is 5.08. The molecule has 0 aliphatic carbocycles. The lowest BCUT2D eigenvalue weighted by molar-refractivity contribution is 0.171. The van der Waals surface area contributed by atoms with Crippen LogP contribution in [0.4, 0.5) is 0 Å². The summed E-state index contributed by atoms with van der Waals surface area (Å²) in [5, 5.41) is 10.3. The minimum atomic E-state index is -0.392. The van der Waals surface area contributed by atoms with Gasteiger partial charge in [-0.05, 0) is 30.5 Å². The average molecular weight is 256 g/mol. The fourth-order valence-corrected chi connectivity index (χ4v) is 2.24. The summed E-state index contributed by atoms with van der Waals surface area (Å²) in [6.07, 6.45) is 1.45. The lowest BCUT2D eigenvalue weighted by atomic mass is 9.82. The third-order valence-corrected chi connectivity index (χ3v) is 3.61. The van der Waals surface area contributed by atoms with E-state index >= 15 is 0 Å². The number of hydrogen-bond donors (Lipinski definition) is 0. The second-order valence-corrected chi connectivity index (χ2v) is 4.93. The van der Waals surface area contributed by atoms with E-state index in [1.165, 1.54) is 0 Å². The number of halogens is 2. The van der Waals surface area contributed by atoms with E-state index in [1.54, 1.807) is 6.07 Å². The fourth-order valence-electron chi connectivity index (χ4n) is 1.91. The van der Waals surface area contributed by atoms with Crippen molar-refractivity contribution in [3.63, 3.8) is 0 Å². The maximum Gasteiger partial charge on any atom is 0.0868 e. The molecular formula is C12H11Cl2NO. The molecule has 0 aromatic heterocycles. The highest BCUT2D eigenvalue weighted by Gasteiger charge is 2.35. The van der Waals surface area contributed by atoms with Crippen molar-refractivity contribution < 1.29 is 4.74 Å². The summed E-state index contributed by atoms with van der Waals surface area (Å²) < 4.78 is 5.30. The molecule has 0 saturated carbocycles. The van der Waals surface area contributed by atoms with Crippen LogP contribution in [0.5, 0.6) is 0 Å². The molecule has 2 rings (SSSR count). The van der Waals surface area contributed by atoms with Crippen molar-refractivity contribution >= 4 is 23.2 Å². The predicted octanol–water partition coefficient (Wildman–Crippen LogP) is 3.47. The van der Waals surface area contributed by atoms with Gasteiger partial charge in [0.05, 0.1) is 28.1 Å². The molecule has 0 spiro atoms. The number of nitriles is 1. The van der Waals surface area contributed by atoms with Gasteiger partial charge in [0.1, 0.15) is 0 Å². The molecule has 1 fully saturated rings. The summed E-state index contributed by atoms with van der Waals surface area (Å²) in [6.45, 7) is 1.17. The Morgan fingerprint density at radius 1 is 1.38 bits per heavy atom. The van der Waals surface area contributed by atoms with Gasteiger partial charge in [0.15, 0.2) is 0 Å². The van der Waals surface area contributed by atoms with Crippen LogP contribution in [-0.2, 0) is 11.2 Å². The van der Waals surface area contributed by atoms with E-state index in [2.05, 4.69) is 6.07 Å². The number of rotatable bonds is 2. The summed E-state index contributed by atoms with van der Waals surface area (Å²) in [5.41, 5.74) is 0.637. The molecule has 1 atom stereocenters. The molecule has 1 saturated heterocycles. The van der Waals surface area contributed by atoms with E-state index in [-0.39, 0.29) is 0 Å². The molecule has 1 aliphatic heterocycles. The Morgan fingerprint density at radius 3 is 2.75 bits per heavy atom. The van der Waals surface area contributed by atoms with Crippen LogP contribution >= 0.6 is 23.2 Å². The van der Waals surface area contributed by atoms with Crippen molar-refractivity contribution in [2.24, 2.45) is 5.41 Å².